The van der Waals surface area contributed by atoms with E-state index in [1.165, 1.54) is 45.6 Å². The summed E-state index contributed by atoms with van der Waals surface area (Å²) in [5.74, 6) is 1.08. The Balaban J connectivity index is 1.69. The van der Waals surface area contributed by atoms with Gasteiger partial charge in [0.15, 0.2) is 0 Å². The lowest BCUT2D eigenvalue weighted by Gasteiger charge is -2.27. The van der Waals surface area contributed by atoms with Gasteiger partial charge in [-0.15, -0.1) is 0 Å². The van der Waals surface area contributed by atoms with E-state index in [9.17, 15) is 4.79 Å². The fourth-order valence-electron chi connectivity index (χ4n) is 2.48. The van der Waals surface area contributed by atoms with Gasteiger partial charge in [-0.1, -0.05) is 0 Å². The Kier molecular flexibility index (Phi) is 4.36. The van der Waals surface area contributed by atoms with Crippen molar-refractivity contribution >= 4 is 17.7 Å². The van der Waals surface area contributed by atoms with E-state index in [1.54, 1.807) is 0 Å². The number of carbonyl (C=O) groups excluding carboxylic acids is 1. The zero-order chi connectivity index (χ0) is 12.3. The molecule has 0 bridgehead atoms. The van der Waals surface area contributed by atoms with Gasteiger partial charge in [-0.2, -0.15) is 11.8 Å². The minimum absolute atomic E-state index is 0.0474. The van der Waals surface area contributed by atoms with Gasteiger partial charge in [-0.25, -0.2) is 0 Å². The van der Waals surface area contributed by atoms with E-state index in [4.69, 9.17) is 10.5 Å². The maximum absolute atomic E-state index is 11.3. The zero-order valence-corrected chi connectivity index (χ0v) is 11.4. The summed E-state index contributed by atoms with van der Waals surface area (Å²) in [4.78, 5) is 11.3. The normalized spacial score (nSPS) is 30.9. The molecule has 2 fully saturated rings. The van der Waals surface area contributed by atoms with Gasteiger partial charge in [0.05, 0.1) is 13.5 Å². The lowest BCUT2D eigenvalue weighted by atomic mass is 9.96. The molecule has 2 aliphatic carbocycles. The molecule has 0 saturated heterocycles. The highest BCUT2D eigenvalue weighted by atomic mass is 32.2. The second-order valence-electron chi connectivity index (χ2n) is 5.60. The van der Waals surface area contributed by atoms with Gasteiger partial charge >= 0.3 is 5.97 Å². The van der Waals surface area contributed by atoms with Crippen LogP contribution in [0.1, 0.15) is 44.9 Å². The summed E-state index contributed by atoms with van der Waals surface area (Å²) in [7, 11) is 1.48. The Morgan fingerprint density at radius 2 is 2.00 bits per heavy atom. The van der Waals surface area contributed by atoms with E-state index in [2.05, 4.69) is 11.8 Å². The summed E-state index contributed by atoms with van der Waals surface area (Å²) in [5, 5.41) is 0.768. The predicted molar refractivity (Wildman–Crippen MR) is 71.0 cm³/mol. The number of carbonyl (C=O) groups is 1. The van der Waals surface area contributed by atoms with Gasteiger partial charge in [0.2, 0.25) is 0 Å². The van der Waals surface area contributed by atoms with Crippen LogP contribution in [0.2, 0.25) is 0 Å². The number of thioether (sulfide) groups is 1. The molecule has 2 saturated carbocycles. The number of esters is 1. The van der Waals surface area contributed by atoms with Crippen LogP contribution in [0.25, 0.3) is 0 Å². The fourth-order valence-corrected chi connectivity index (χ4v) is 4.06. The smallest absolute Gasteiger partial charge is 0.306 e. The molecule has 0 aromatic carbocycles. The third-order valence-corrected chi connectivity index (χ3v) is 5.77. The Labute approximate surface area is 108 Å². The number of nitrogens with two attached hydrogens (primary N) is 1. The summed E-state index contributed by atoms with van der Waals surface area (Å²) >= 11 is 2.06. The minimum Gasteiger partial charge on any atom is -0.469 e. The molecule has 3 nitrogen and oxygen atoms in total. The van der Waals surface area contributed by atoms with E-state index in [0.717, 1.165) is 11.0 Å². The Bertz CT molecular complexity index is 271. The summed E-state index contributed by atoms with van der Waals surface area (Å²) in [6.07, 6.45) is 7.84. The van der Waals surface area contributed by atoms with Crippen molar-refractivity contribution in [1.29, 1.82) is 0 Å². The molecule has 0 heterocycles. The molecule has 0 radical (unpaired) electrons. The first kappa shape index (κ1) is 13.2. The SMILES string of the molecule is COC(=O)CC1(CSC2CCC(N)CC2)CC1. The van der Waals surface area contributed by atoms with Crippen molar-refractivity contribution in [2.24, 2.45) is 11.1 Å². The molecule has 2 aliphatic rings. The number of methoxy groups -OCH3 is 1. The van der Waals surface area contributed by atoms with Gasteiger partial charge in [0, 0.05) is 11.3 Å². The molecule has 2 rings (SSSR count). The van der Waals surface area contributed by atoms with Crippen LogP contribution in [0.15, 0.2) is 0 Å². The van der Waals surface area contributed by atoms with Crippen molar-refractivity contribution in [1.82, 2.24) is 0 Å². The Hall–Kier alpha value is -0.220. The van der Waals surface area contributed by atoms with Crippen LogP contribution in [0, 0.1) is 5.41 Å². The third-order valence-electron chi connectivity index (χ3n) is 4.05. The number of hydrogen-bond donors (Lipinski definition) is 1. The second-order valence-corrected chi connectivity index (χ2v) is 6.89. The van der Waals surface area contributed by atoms with Gasteiger partial charge in [0.1, 0.15) is 0 Å². The van der Waals surface area contributed by atoms with Crippen LogP contribution in [0.4, 0.5) is 0 Å². The number of ether oxygens (including phenoxy) is 1. The van der Waals surface area contributed by atoms with Gasteiger partial charge in [-0.05, 0) is 49.7 Å². The Morgan fingerprint density at radius 1 is 1.35 bits per heavy atom. The minimum atomic E-state index is -0.0474. The predicted octanol–water partition coefficient (Wildman–Crippen LogP) is 2.33. The highest BCUT2D eigenvalue weighted by Crippen LogP contribution is 2.52. The highest BCUT2D eigenvalue weighted by molar-refractivity contribution is 7.99. The molecule has 0 aromatic heterocycles. The average Bonchev–Trinajstić information content (AvgIpc) is 3.09. The molecule has 0 atom stereocenters. The van der Waals surface area contributed by atoms with Crippen molar-refractivity contribution in [2.45, 2.75) is 56.2 Å². The molecule has 0 aliphatic heterocycles. The average molecular weight is 257 g/mol. The first-order valence-corrected chi connectivity index (χ1v) is 7.62. The monoisotopic (exact) mass is 257 g/mol. The van der Waals surface area contributed by atoms with E-state index >= 15 is 0 Å². The topological polar surface area (TPSA) is 52.3 Å². The maximum atomic E-state index is 11.3. The van der Waals surface area contributed by atoms with Gasteiger partial charge < -0.3 is 10.5 Å². The quantitative estimate of drug-likeness (QED) is 0.768. The lowest BCUT2D eigenvalue weighted by molar-refractivity contribution is -0.141. The first-order valence-electron chi connectivity index (χ1n) is 6.57. The maximum Gasteiger partial charge on any atom is 0.306 e. The van der Waals surface area contributed by atoms with Crippen molar-refractivity contribution < 1.29 is 9.53 Å². The van der Waals surface area contributed by atoms with E-state index in [-0.39, 0.29) is 11.4 Å². The summed E-state index contributed by atoms with van der Waals surface area (Å²) < 4.78 is 4.77. The van der Waals surface area contributed by atoms with Crippen LogP contribution in [-0.4, -0.2) is 30.1 Å². The zero-order valence-electron chi connectivity index (χ0n) is 10.6. The molecule has 0 amide bonds. The molecule has 98 valence electrons. The van der Waals surface area contributed by atoms with Crippen LogP contribution in [0.5, 0.6) is 0 Å². The fraction of sp³-hybridized carbons (Fsp3) is 0.923. The number of hydrogen-bond acceptors (Lipinski definition) is 4. The molecule has 17 heavy (non-hydrogen) atoms. The number of rotatable bonds is 5. The van der Waals surface area contributed by atoms with Crippen LogP contribution < -0.4 is 5.73 Å². The molecular weight excluding hydrogens is 234 g/mol. The molecule has 0 spiro atoms. The van der Waals surface area contributed by atoms with E-state index < -0.39 is 0 Å². The lowest BCUT2D eigenvalue weighted by Crippen LogP contribution is -2.28. The molecule has 0 aromatic rings. The third kappa shape index (κ3) is 3.88. The van der Waals surface area contributed by atoms with Crippen molar-refractivity contribution in [3.63, 3.8) is 0 Å². The van der Waals surface area contributed by atoms with Crippen molar-refractivity contribution in [2.75, 3.05) is 12.9 Å². The molecule has 0 unspecified atom stereocenters. The molecule has 2 N–H and O–H groups in total. The van der Waals surface area contributed by atoms with Crippen LogP contribution in [0.3, 0.4) is 0 Å². The van der Waals surface area contributed by atoms with Gasteiger partial charge in [0.25, 0.3) is 0 Å². The van der Waals surface area contributed by atoms with Gasteiger partial charge in [-0.3, -0.25) is 4.79 Å². The molecule has 4 heteroatoms. The van der Waals surface area contributed by atoms with E-state index in [1.807, 2.05) is 0 Å². The van der Waals surface area contributed by atoms with Crippen LogP contribution >= 0.6 is 11.8 Å². The molecular formula is C13H23NO2S. The Morgan fingerprint density at radius 3 is 2.53 bits per heavy atom. The standard InChI is InChI=1S/C13H23NO2S/c1-16-12(15)8-13(6-7-13)9-17-11-4-2-10(14)3-5-11/h10-11H,2-9,14H2,1H3. The first-order chi connectivity index (χ1) is 8.13. The van der Waals surface area contributed by atoms with Crippen molar-refractivity contribution in [3.8, 4) is 0 Å². The van der Waals surface area contributed by atoms with Crippen LogP contribution in [-0.2, 0) is 9.53 Å². The summed E-state index contributed by atoms with van der Waals surface area (Å²) in [6.45, 7) is 0. The summed E-state index contributed by atoms with van der Waals surface area (Å²) in [5.41, 5.74) is 6.18. The highest BCUT2D eigenvalue weighted by Gasteiger charge is 2.44. The van der Waals surface area contributed by atoms with Crippen molar-refractivity contribution in [3.05, 3.63) is 0 Å². The largest absolute Gasteiger partial charge is 0.469 e. The summed E-state index contributed by atoms with van der Waals surface area (Å²) in [6, 6.07) is 0.428. The van der Waals surface area contributed by atoms with E-state index in [0.29, 0.717) is 12.5 Å². The second kappa shape index (κ2) is 5.61.